The first-order valence-electron chi connectivity index (χ1n) is 9.15. The van der Waals surface area contributed by atoms with Gasteiger partial charge in [-0.3, -0.25) is 4.79 Å². The number of fused-ring (bicyclic) bond motifs is 3. The summed E-state index contributed by atoms with van der Waals surface area (Å²) < 4.78 is 6.42. The van der Waals surface area contributed by atoms with Gasteiger partial charge in [-0.1, -0.05) is 26.8 Å². The fraction of sp³-hybridized carbons (Fsp3) is 0.850. The van der Waals surface area contributed by atoms with Gasteiger partial charge in [0.15, 0.2) is 0 Å². The molecule has 3 fully saturated rings. The number of aliphatic hydroxyl groups excluding tert-OH is 2. The lowest BCUT2D eigenvalue weighted by molar-refractivity contribution is -0.293. The summed E-state index contributed by atoms with van der Waals surface area (Å²) in [4.78, 5) is 12.5. The van der Waals surface area contributed by atoms with E-state index in [9.17, 15) is 15.0 Å². The van der Waals surface area contributed by atoms with Crippen molar-refractivity contribution in [3.05, 3.63) is 12.7 Å². The van der Waals surface area contributed by atoms with Crippen molar-refractivity contribution < 1.29 is 19.7 Å². The maximum atomic E-state index is 12.5. The SMILES string of the molecule is C=C[C@]1(C)O[C@@]2(C)CC[C@@H]3C(C)(C)C(=O)C[C@H](O)[C@@]3(C)[C@@H]2C[C@H]1O. The van der Waals surface area contributed by atoms with E-state index in [1.54, 1.807) is 6.08 Å². The maximum Gasteiger partial charge on any atom is 0.141 e. The third kappa shape index (κ3) is 2.12. The molecule has 2 N–H and O–H groups in total. The van der Waals surface area contributed by atoms with Crippen molar-refractivity contribution in [1.29, 1.82) is 0 Å². The first kappa shape index (κ1) is 18.1. The number of hydrogen-bond acceptors (Lipinski definition) is 4. The van der Waals surface area contributed by atoms with E-state index in [2.05, 4.69) is 20.4 Å². The van der Waals surface area contributed by atoms with Crippen LogP contribution in [0.5, 0.6) is 0 Å². The normalized spacial score (nSPS) is 53.9. The van der Waals surface area contributed by atoms with Crippen molar-refractivity contribution in [1.82, 2.24) is 0 Å². The fourth-order valence-electron chi connectivity index (χ4n) is 6.10. The van der Waals surface area contributed by atoms with Crippen LogP contribution in [-0.4, -0.2) is 39.4 Å². The molecular weight excluding hydrogens is 304 g/mol. The molecule has 4 heteroatoms. The van der Waals surface area contributed by atoms with Crippen LogP contribution in [0.1, 0.15) is 60.3 Å². The first-order valence-corrected chi connectivity index (χ1v) is 9.15. The van der Waals surface area contributed by atoms with Gasteiger partial charge in [-0.15, -0.1) is 6.58 Å². The molecule has 4 nitrogen and oxygen atoms in total. The molecule has 0 radical (unpaired) electrons. The largest absolute Gasteiger partial charge is 0.392 e. The number of carbonyl (C=O) groups excluding carboxylic acids is 1. The molecule has 0 spiro atoms. The highest BCUT2D eigenvalue weighted by atomic mass is 16.5. The molecule has 2 saturated carbocycles. The number of Topliss-reactive ketones (excluding diaryl/α,β-unsaturated/α-hetero) is 1. The summed E-state index contributed by atoms with van der Waals surface area (Å²) in [6, 6.07) is 0. The van der Waals surface area contributed by atoms with Crippen LogP contribution < -0.4 is 0 Å². The zero-order valence-electron chi connectivity index (χ0n) is 15.6. The monoisotopic (exact) mass is 336 g/mol. The molecular formula is C20H32O4. The number of carbonyl (C=O) groups is 1. The van der Waals surface area contributed by atoms with Crippen LogP contribution in [0.15, 0.2) is 12.7 Å². The molecule has 1 saturated heterocycles. The molecule has 0 bridgehead atoms. The molecule has 1 aliphatic heterocycles. The lowest BCUT2D eigenvalue weighted by atomic mass is 9.43. The van der Waals surface area contributed by atoms with Gasteiger partial charge in [-0.25, -0.2) is 0 Å². The Bertz CT molecular complexity index is 570. The maximum absolute atomic E-state index is 12.5. The second kappa shape index (κ2) is 5.15. The summed E-state index contributed by atoms with van der Waals surface area (Å²) in [7, 11) is 0. The minimum absolute atomic E-state index is 0.00847. The van der Waals surface area contributed by atoms with Crippen molar-refractivity contribution in [2.24, 2.45) is 22.7 Å². The van der Waals surface area contributed by atoms with Crippen molar-refractivity contribution in [2.45, 2.75) is 83.7 Å². The van der Waals surface area contributed by atoms with Gasteiger partial charge in [0.05, 0.1) is 17.8 Å². The van der Waals surface area contributed by atoms with Gasteiger partial charge >= 0.3 is 0 Å². The molecule has 24 heavy (non-hydrogen) atoms. The lowest BCUT2D eigenvalue weighted by Gasteiger charge is -2.66. The molecule has 7 atom stereocenters. The summed E-state index contributed by atoms with van der Waals surface area (Å²) in [6.07, 6.45) is 2.79. The Kier molecular flexibility index (Phi) is 3.88. The second-order valence-electron chi connectivity index (χ2n) is 9.43. The van der Waals surface area contributed by atoms with E-state index >= 15 is 0 Å². The van der Waals surface area contributed by atoms with Crippen LogP contribution in [-0.2, 0) is 9.53 Å². The fourth-order valence-corrected chi connectivity index (χ4v) is 6.10. The lowest BCUT2D eigenvalue weighted by Crippen LogP contribution is -2.70. The van der Waals surface area contributed by atoms with Gasteiger partial charge in [0, 0.05) is 17.3 Å². The van der Waals surface area contributed by atoms with Crippen LogP contribution >= 0.6 is 0 Å². The van der Waals surface area contributed by atoms with E-state index in [0.29, 0.717) is 6.42 Å². The van der Waals surface area contributed by atoms with E-state index in [1.165, 1.54) is 0 Å². The molecule has 0 aromatic heterocycles. The zero-order chi connectivity index (χ0) is 18.1. The van der Waals surface area contributed by atoms with Gasteiger partial charge in [-0.2, -0.15) is 0 Å². The molecule has 1 heterocycles. The Balaban J connectivity index is 2.06. The zero-order valence-corrected chi connectivity index (χ0v) is 15.6. The molecule has 3 rings (SSSR count). The summed E-state index contributed by atoms with van der Waals surface area (Å²) in [5, 5.41) is 21.6. The summed E-state index contributed by atoms with van der Waals surface area (Å²) in [5.41, 5.74) is -2.07. The molecule has 0 aromatic rings. The highest BCUT2D eigenvalue weighted by Gasteiger charge is 2.67. The second-order valence-corrected chi connectivity index (χ2v) is 9.43. The van der Waals surface area contributed by atoms with Gasteiger partial charge in [0.25, 0.3) is 0 Å². The predicted molar refractivity (Wildman–Crippen MR) is 92.4 cm³/mol. The average Bonchev–Trinajstić information content (AvgIpc) is 2.48. The third-order valence-electron chi connectivity index (χ3n) is 7.83. The quantitative estimate of drug-likeness (QED) is 0.723. The van der Waals surface area contributed by atoms with Gasteiger partial charge < -0.3 is 14.9 Å². The Morgan fingerprint density at radius 3 is 2.33 bits per heavy atom. The number of aliphatic hydroxyl groups is 2. The van der Waals surface area contributed by atoms with E-state index < -0.39 is 34.2 Å². The topological polar surface area (TPSA) is 66.8 Å². The van der Waals surface area contributed by atoms with E-state index in [1.807, 2.05) is 20.8 Å². The highest BCUT2D eigenvalue weighted by Crippen LogP contribution is 2.64. The van der Waals surface area contributed by atoms with Crippen LogP contribution in [0, 0.1) is 22.7 Å². The highest BCUT2D eigenvalue weighted by molar-refractivity contribution is 5.86. The standard InChI is InChI=1S/C20H32O4/c1-7-18(4)15(22)10-13-19(5,24-18)9-8-12-17(2,3)14(21)11-16(23)20(12,13)6/h7,12-13,15-16,22-23H,1,8-11H2,2-6H3/t12-,13-,15-,16+,18+,19+,20-/m1/s1. The van der Waals surface area contributed by atoms with Crippen molar-refractivity contribution in [2.75, 3.05) is 0 Å². The van der Waals surface area contributed by atoms with Crippen LogP contribution in [0.25, 0.3) is 0 Å². The number of rotatable bonds is 1. The number of ketones is 1. The van der Waals surface area contributed by atoms with Crippen molar-refractivity contribution >= 4 is 5.78 Å². The van der Waals surface area contributed by atoms with Crippen LogP contribution in [0.2, 0.25) is 0 Å². The number of hydrogen-bond donors (Lipinski definition) is 2. The van der Waals surface area contributed by atoms with Gasteiger partial charge in [-0.05, 0) is 44.9 Å². The third-order valence-corrected chi connectivity index (χ3v) is 7.83. The minimum Gasteiger partial charge on any atom is -0.392 e. The summed E-state index contributed by atoms with van der Waals surface area (Å²) in [6.45, 7) is 14.0. The smallest absolute Gasteiger partial charge is 0.141 e. The predicted octanol–water partition coefficient (Wildman–Crippen LogP) is 2.86. The Hall–Kier alpha value is -0.710. The van der Waals surface area contributed by atoms with Gasteiger partial charge in [0.1, 0.15) is 11.4 Å². The average molecular weight is 336 g/mol. The summed E-state index contributed by atoms with van der Waals surface area (Å²) >= 11 is 0. The first-order chi connectivity index (χ1) is 10.9. The van der Waals surface area contributed by atoms with Crippen molar-refractivity contribution in [3.8, 4) is 0 Å². The Morgan fingerprint density at radius 2 is 1.75 bits per heavy atom. The van der Waals surface area contributed by atoms with E-state index in [0.717, 1.165) is 12.8 Å². The van der Waals surface area contributed by atoms with Crippen molar-refractivity contribution in [3.63, 3.8) is 0 Å². The molecule has 0 amide bonds. The van der Waals surface area contributed by atoms with Crippen LogP contribution in [0.3, 0.4) is 0 Å². The minimum atomic E-state index is -0.764. The molecule has 2 aliphatic carbocycles. The molecule has 0 aromatic carbocycles. The number of ether oxygens (including phenoxy) is 1. The van der Waals surface area contributed by atoms with E-state index in [-0.39, 0.29) is 24.0 Å². The van der Waals surface area contributed by atoms with Crippen LogP contribution in [0.4, 0.5) is 0 Å². The molecule has 136 valence electrons. The molecule has 3 aliphatic rings. The summed E-state index contributed by atoms with van der Waals surface area (Å²) in [5.74, 6) is 0.256. The Morgan fingerprint density at radius 1 is 1.12 bits per heavy atom. The Labute approximate surface area is 145 Å². The molecule has 0 unspecified atom stereocenters. The van der Waals surface area contributed by atoms with E-state index in [4.69, 9.17) is 4.74 Å². The van der Waals surface area contributed by atoms with Gasteiger partial charge in [0.2, 0.25) is 0 Å².